The number of hydrogen-bond acceptors (Lipinski definition) is 5. The number of hydrogen-bond donors (Lipinski definition) is 2. The molecule has 0 aliphatic carbocycles. The predicted octanol–water partition coefficient (Wildman–Crippen LogP) is 1.50. The molecule has 0 saturated heterocycles. The molecule has 1 aromatic heterocycles. The van der Waals surface area contributed by atoms with E-state index in [4.69, 9.17) is 10.2 Å². The third kappa shape index (κ3) is 3.02. The van der Waals surface area contributed by atoms with Crippen molar-refractivity contribution in [3.63, 3.8) is 0 Å². The molecule has 0 radical (unpaired) electrons. The highest BCUT2D eigenvalue weighted by atomic mass is 32.2. The zero-order valence-corrected chi connectivity index (χ0v) is 10.7. The summed E-state index contributed by atoms with van der Waals surface area (Å²) in [4.78, 5) is 14.6. The molecule has 0 unspecified atom stereocenters. The lowest BCUT2D eigenvalue weighted by Crippen LogP contribution is -2.00. The smallest absolute Gasteiger partial charge is 0.313 e. The fourth-order valence-corrected chi connectivity index (χ4v) is 2.05. The molecular formula is C11H10FN3O3S. The maximum atomic E-state index is 13.6. The van der Waals surface area contributed by atoms with Crippen LogP contribution in [0.4, 0.5) is 4.39 Å². The third-order valence-corrected chi connectivity index (χ3v) is 3.25. The van der Waals surface area contributed by atoms with Gasteiger partial charge in [0.05, 0.1) is 11.3 Å². The minimum atomic E-state index is -0.967. The molecule has 100 valence electrons. The highest BCUT2D eigenvalue weighted by Crippen LogP contribution is 2.25. The van der Waals surface area contributed by atoms with E-state index in [1.165, 1.54) is 16.8 Å². The molecule has 6 nitrogen and oxygen atoms in total. The molecule has 0 saturated carbocycles. The minimum absolute atomic E-state index is 0.146. The maximum Gasteiger partial charge on any atom is 0.313 e. The van der Waals surface area contributed by atoms with Gasteiger partial charge in [0.25, 0.3) is 0 Å². The number of aliphatic carboxylic acids is 1. The van der Waals surface area contributed by atoms with Gasteiger partial charge in [-0.05, 0) is 12.1 Å². The summed E-state index contributed by atoms with van der Waals surface area (Å²) in [7, 11) is 1.60. The lowest BCUT2D eigenvalue weighted by atomic mass is 10.2. The van der Waals surface area contributed by atoms with Crippen LogP contribution in [0.5, 0.6) is 5.75 Å². The van der Waals surface area contributed by atoms with Gasteiger partial charge in [0.15, 0.2) is 11.0 Å². The van der Waals surface area contributed by atoms with Crippen LogP contribution in [0.3, 0.4) is 0 Å². The van der Waals surface area contributed by atoms with E-state index in [1.807, 2.05) is 0 Å². The Morgan fingerprint density at radius 1 is 1.53 bits per heavy atom. The van der Waals surface area contributed by atoms with Crippen LogP contribution in [0.25, 0.3) is 11.4 Å². The highest BCUT2D eigenvalue weighted by Gasteiger charge is 2.14. The summed E-state index contributed by atoms with van der Waals surface area (Å²) in [5.41, 5.74) is 0.149. The number of benzene rings is 1. The number of aryl methyl sites for hydroxylation is 1. The van der Waals surface area contributed by atoms with Gasteiger partial charge >= 0.3 is 5.97 Å². The highest BCUT2D eigenvalue weighted by molar-refractivity contribution is 7.99. The Balaban J connectivity index is 2.31. The molecule has 19 heavy (non-hydrogen) atoms. The van der Waals surface area contributed by atoms with Gasteiger partial charge in [0.1, 0.15) is 11.6 Å². The molecule has 0 aliphatic rings. The largest absolute Gasteiger partial charge is 0.508 e. The van der Waals surface area contributed by atoms with Crippen molar-refractivity contribution in [1.29, 1.82) is 0 Å². The molecular weight excluding hydrogens is 273 g/mol. The molecule has 8 heteroatoms. The third-order valence-electron chi connectivity index (χ3n) is 2.24. The van der Waals surface area contributed by atoms with Gasteiger partial charge in [0, 0.05) is 13.1 Å². The van der Waals surface area contributed by atoms with Gasteiger partial charge in [0.2, 0.25) is 0 Å². The summed E-state index contributed by atoms with van der Waals surface area (Å²) < 4.78 is 15.0. The fourth-order valence-electron chi connectivity index (χ4n) is 1.42. The van der Waals surface area contributed by atoms with Crippen LogP contribution >= 0.6 is 11.8 Å². The van der Waals surface area contributed by atoms with Crippen LogP contribution in [0, 0.1) is 5.82 Å². The topological polar surface area (TPSA) is 88.2 Å². The second-order valence-electron chi connectivity index (χ2n) is 3.69. The summed E-state index contributed by atoms with van der Waals surface area (Å²) in [6, 6.07) is 3.67. The summed E-state index contributed by atoms with van der Waals surface area (Å²) in [5, 5.41) is 22.1. The minimum Gasteiger partial charge on any atom is -0.508 e. The standard InChI is InChI=1S/C11H10FN3O3S/c1-15-11(19-5-9(17)18)13-10(14-15)7-3-2-6(16)4-8(7)12/h2-4,16H,5H2,1H3,(H,17,18). The monoisotopic (exact) mass is 283 g/mol. The van der Waals surface area contributed by atoms with Crippen molar-refractivity contribution in [3.05, 3.63) is 24.0 Å². The molecule has 0 amide bonds. The fraction of sp³-hybridized carbons (Fsp3) is 0.182. The molecule has 2 N–H and O–H groups in total. The first-order chi connectivity index (χ1) is 8.97. The van der Waals surface area contributed by atoms with Crippen molar-refractivity contribution >= 4 is 17.7 Å². The predicted molar refractivity (Wildman–Crippen MR) is 66.4 cm³/mol. The average molecular weight is 283 g/mol. The summed E-state index contributed by atoms with van der Waals surface area (Å²) >= 11 is 0.998. The average Bonchev–Trinajstić information content (AvgIpc) is 2.67. The zero-order valence-electron chi connectivity index (χ0n) is 9.87. The molecule has 1 heterocycles. The van der Waals surface area contributed by atoms with Crippen molar-refractivity contribution in [2.75, 3.05) is 5.75 Å². The van der Waals surface area contributed by atoms with E-state index >= 15 is 0 Å². The number of nitrogens with zero attached hydrogens (tertiary/aromatic N) is 3. The van der Waals surface area contributed by atoms with Crippen molar-refractivity contribution < 1.29 is 19.4 Å². The van der Waals surface area contributed by atoms with Gasteiger partial charge in [-0.2, -0.15) is 5.10 Å². The number of phenolic OH excluding ortho intramolecular Hbond substituents is 1. The second kappa shape index (κ2) is 5.27. The van der Waals surface area contributed by atoms with E-state index in [9.17, 15) is 9.18 Å². The van der Waals surface area contributed by atoms with Crippen LogP contribution in [0.2, 0.25) is 0 Å². The van der Waals surface area contributed by atoms with Crippen LogP contribution in [-0.2, 0) is 11.8 Å². The summed E-state index contributed by atoms with van der Waals surface area (Å²) in [6.07, 6.45) is 0. The second-order valence-corrected chi connectivity index (χ2v) is 4.63. The molecule has 0 spiro atoms. The summed E-state index contributed by atoms with van der Waals surface area (Å²) in [6.45, 7) is 0. The Bertz CT molecular complexity index is 630. The van der Waals surface area contributed by atoms with Crippen molar-refractivity contribution in [2.45, 2.75) is 5.16 Å². The van der Waals surface area contributed by atoms with E-state index in [2.05, 4.69) is 10.1 Å². The number of carbonyl (C=O) groups is 1. The first-order valence-corrected chi connectivity index (χ1v) is 6.20. The number of carboxylic acids is 1. The number of thioether (sulfide) groups is 1. The SMILES string of the molecule is Cn1nc(-c2ccc(O)cc2F)nc1SCC(=O)O. The van der Waals surface area contributed by atoms with Gasteiger partial charge < -0.3 is 10.2 Å². The van der Waals surface area contributed by atoms with Gasteiger partial charge in [-0.1, -0.05) is 11.8 Å². The van der Waals surface area contributed by atoms with E-state index in [-0.39, 0.29) is 22.9 Å². The van der Waals surface area contributed by atoms with E-state index in [0.29, 0.717) is 5.16 Å². The van der Waals surface area contributed by atoms with Crippen molar-refractivity contribution in [1.82, 2.24) is 14.8 Å². The lowest BCUT2D eigenvalue weighted by Gasteiger charge is -1.98. The molecule has 2 aromatic rings. The maximum absolute atomic E-state index is 13.6. The number of halogens is 1. The van der Waals surface area contributed by atoms with E-state index < -0.39 is 11.8 Å². The number of aromatic hydroxyl groups is 1. The van der Waals surface area contributed by atoms with Crippen LogP contribution in [0.1, 0.15) is 0 Å². The Morgan fingerprint density at radius 2 is 2.26 bits per heavy atom. The van der Waals surface area contributed by atoms with Crippen LogP contribution in [-0.4, -0.2) is 36.7 Å². The molecule has 0 atom stereocenters. The van der Waals surface area contributed by atoms with Crippen LogP contribution < -0.4 is 0 Å². The molecule has 0 fully saturated rings. The zero-order chi connectivity index (χ0) is 14.0. The lowest BCUT2D eigenvalue weighted by molar-refractivity contribution is -0.133. The molecule has 2 rings (SSSR count). The van der Waals surface area contributed by atoms with Gasteiger partial charge in [-0.15, -0.1) is 0 Å². The van der Waals surface area contributed by atoms with Crippen LogP contribution in [0.15, 0.2) is 23.4 Å². The number of carboxylic acid groups (broad SMARTS) is 1. The number of rotatable bonds is 4. The van der Waals surface area contributed by atoms with Gasteiger partial charge in [-0.3, -0.25) is 4.79 Å². The quantitative estimate of drug-likeness (QED) is 0.827. The molecule has 0 bridgehead atoms. The van der Waals surface area contributed by atoms with E-state index in [1.54, 1.807) is 7.05 Å². The first-order valence-electron chi connectivity index (χ1n) is 5.22. The Kier molecular flexibility index (Phi) is 3.70. The van der Waals surface area contributed by atoms with Crippen molar-refractivity contribution in [3.8, 4) is 17.1 Å². The Morgan fingerprint density at radius 3 is 2.89 bits per heavy atom. The number of aromatic nitrogens is 3. The summed E-state index contributed by atoms with van der Waals surface area (Å²) in [5.74, 6) is -1.79. The molecule has 1 aromatic carbocycles. The molecule has 0 aliphatic heterocycles. The van der Waals surface area contributed by atoms with Crippen molar-refractivity contribution in [2.24, 2.45) is 7.05 Å². The van der Waals surface area contributed by atoms with Gasteiger partial charge in [-0.25, -0.2) is 14.1 Å². The number of phenols is 1. The normalized spacial score (nSPS) is 10.6. The Labute approximate surface area is 111 Å². The van der Waals surface area contributed by atoms with E-state index in [0.717, 1.165) is 17.8 Å². The Hall–Kier alpha value is -2.09. The first kappa shape index (κ1) is 13.3.